The Bertz CT molecular complexity index is 540. The molecule has 170 valence electrons. The largest absolute Gasteiger partial charge is 0.0654 e. The molecule has 1 aromatic carbocycles. The third-order valence-electron chi connectivity index (χ3n) is 8.50. The molecule has 1 aromatic rings. The molecule has 0 bridgehead atoms. The van der Waals surface area contributed by atoms with Gasteiger partial charge in [0.15, 0.2) is 0 Å². The van der Waals surface area contributed by atoms with Gasteiger partial charge in [-0.05, 0) is 73.3 Å². The van der Waals surface area contributed by atoms with E-state index in [1.807, 2.05) is 0 Å². The third kappa shape index (κ3) is 8.05. The van der Waals surface area contributed by atoms with Gasteiger partial charge >= 0.3 is 0 Å². The molecule has 3 rings (SSSR count). The Labute approximate surface area is 188 Å². The lowest BCUT2D eigenvalue weighted by atomic mass is 9.77. The van der Waals surface area contributed by atoms with Crippen LogP contribution in [0.25, 0.3) is 0 Å². The molecule has 2 fully saturated rings. The third-order valence-corrected chi connectivity index (χ3v) is 8.50. The van der Waals surface area contributed by atoms with Gasteiger partial charge in [0, 0.05) is 0 Å². The summed E-state index contributed by atoms with van der Waals surface area (Å²) >= 11 is 0. The average molecular weight is 411 g/mol. The van der Waals surface area contributed by atoms with Crippen molar-refractivity contribution < 1.29 is 0 Å². The van der Waals surface area contributed by atoms with Crippen LogP contribution in [0.1, 0.15) is 140 Å². The van der Waals surface area contributed by atoms with Crippen molar-refractivity contribution in [1.29, 1.82) is 0 Å². The smallest absolute Gasteiger partial charge is 0.0162 e. The van der Waals surface area contributed by atoms with E-state index < -0.39 is 0 Å². The average Bonchev–Trinajstić information content (AvgIpc) is 2.79. The molecule has 0 amide bonds. The highest BCUT2D eigenvalue weighted by Crippen LogP contribution is 2.38. The number of benzene rings is 1. The van der Waals surface area contributed by atoms with Gasteiger partial charge in [0.25, 0.3) is 0 Å². The van der Waals surface area contributed by atoms with Crippen molar-refractivity contribution in [3.63, 3.8) is 0 Å². The highest BCUT2D eigenvalue weighted by atomic mass is 14.3. The number of hydrogen-bond acceptors (Lipinski definition) is 0. The van der Waals surface area contributed by atoms with E-state index in [1.54, 1.807) is 11.1 Å². The molecule has 0 atom stereocenters. The lowest BCUT2D eigenvalue weighted by molar-refractivity contribution is 0.245. The lowest BCUT2D eigenvalue weighted by Gasteiger charge is -2.29. The molecule has 0 unspecified atom stereocenters. The van der Waals surface area contributed by atoms with E-state index >= 15 is 0 Å². The van der Waals surface area contributed by atoms with Crippen molar-refractivity contribution >= 4 is 0 Å². The summed E-state index contributed by atoms with van der Waals surface area (Å²) in [4.78, 5) is 0. The van der Waals surface area contributed by atoms with Crippen LogP contribution in [0.2, 0.25) is 0 Å². The number of rotatable bonds is 12. The predicted octanol–water partition coefficient (Wildman–Crippen LogP) is 9.86. The van der Waals surface area contributed by atoms with Crippen molar-refractivity contribution in [3.05, 3.63) is 35.4 Å². The van der Waals surface area contributed by atoms with Crippen molar-refractivity contribution in [3.8, 4) is 0 Å². The molecule has 2 aliphatic rings. The number of unbranched alkanes of at least 4 members (excludes halogenated alkanes) is 3. The van der Waals surface area contributed by atoms with Crippen LogP contribution in [-0.2, 0) is 6.42 Å². The summed E-state index contributed by atoms with van der Waals surface area (Å²) in [6.07, 6.45) is 26.1. The first kappa shape index (κ1) is 23.9. The Kier molecular flexibility index (Phi) is 10.8. The molecule has 2 saturated carbocycles. The standard InChI is InChI=1S/C30H50/c1-3-5-6-10-26-13-15-27(16-14-26)11-7-8-12-28-19-23-30(24-20-28)29-21-17-25(9-4-2)18-22-29/h19-20,23-27,29H,3-18,21-22H2,1-2H3. The van der Waals surface area contributed by atoms with Gasteiger partial charge in [0.05, 0.1) is 0 Å². The second-order valence-corrected chi connectivity index (χ2v) is 10.9. The fourth-order valence-corrected chi connectivity index (χ4v) is 6.40. The van der Waals surface area contributed by atoms with Crippen LogP contribution >= 0.6 is 0 Å². The zero-order valence-corrected chi connectivity index (χ0v) is 20.3. The Hall–Kier alpha value is -0.780. The normalized spacial score (nSPS) is 27.3. The molecule has 0 nitrogen and oxygen atoms in total. The first-order chi connectivity index (χ1) is 14.8. The Balaban J connectivity index is 1.27. The van der Waals surface area contributed by atoms with Crippen LogP contribution in [0.5, 0.6) is 0 Å². The van der Waals surface area contributed by atoms with Gasteiger partial charge < -0.3 is 0 Å². The van der Waals surface area contributed by atoms with E-state index in [0.29, 0.717) is 0 Å². The summed E-state index contributed by atoms with van der Waals surface area (Å²) in [5.41, 5.74) is 3.18. The van der Waals surface area contributed by atoms with Gasteiger partial charge in [-0.15, -0.1) is 0 Å². The van der Waals surface area contributed by atoms with Gasteiger partial charge in [0.2, 0.25) is 0 Å². The van der Waals surface area contributed by atoms with Crippen molar-refractivity contribution in [2.75, 3.05) is 0 Å². The summed E-state index contributed by atoms with van der Waals surface area (Å²) in [5, 5.41) is 0. The highest BCUT2D eigenvalue weighted by molar-refractivity contribution is 5.26. The topological polar surface area (TPSA) is 0 Å². The molecule has 0 radical (unpaired) electrons. The van der Waals surface area contributed by atoms with Crippen LogP contribution in [0.4, 0.5) is 0 Å². The van der Waals surface area contributed by atoms with Crippen molar-refractivity contribution in [2.45, 2.75) is 135 Å². The molecule has 0 heterocycles. The first-order valence-corrected chi connectivity index (χ1v) is 13.9. The zero-order valence-electron chi connectivity index (χ0n) is 20.3. The maximum Gasteiger partial charge on any atom is -0.0162 e. The molecule has 0 aliphatic heterocycles. The summed E-state index contributed by atoms with van der Waals surface area (Å²) in [7, 11) is 0. The molecule has 0 spiro atoms. The van der Waals surface area contributed by atoms with Crippen LogP contribution in [-0.4, -0.2) is 0 Å². The summed E-state index contributed by atoms with van der Waals surface area (Å²) in [6.45, 7) is 4.66. The maximum absolute atomic E-state index is 2.46. The SMILES string of the molecule is CCCCCC1CCC(CCCCc2ccc(C3CCC(CCC)CC3)cc2)CC1. The maximum atomic E-state index is 2.46. The van der Waals surface area contributed by atoms with Gasteiger partial charge in [-0.25, -0.2) is 0 Å². The van der Waals surface area contributed by atoms with Gasteiger partial charge in [0.1, 0.15) is 0 Å². The second kappa shape index (κ2) is 13.6. The minimum Gasteiger partial charge on any atom is -0.0654 e. The number of hydrogen-bond donors (Lipinski definition) is 0. The summed E-state index contributed by atoms with van der Waals surface area (Å²) in [6, 6.07) is 9.80. The minimum absolute atomic E-state index is 0.837. The minimum atomic E-state index is 0.837. The van der Waals surface area contributed by atoms with E-state index in [1.165, 1.54) is 116 Å². The fraction of sp³-hybridized carbons (Fsp3) is 0.800. The highest BCUT2D eigenvalue weighted by Gasteiger charge is 2.22. The monoisotopic (exact) mass is 410 g/mol. The Morgan fingerprint density at radius 3 is 1.67 bits per heavy atom. The Morgan fingerprint density at radius 1 is 0.567 bits per heavy atom. The molecule has 0 N–H and O–H groups in total. The summed E-state index contributed by atoms with van der Waals surface area (Å²) < 4.78 is 0. The van der Waals surface area contributed by atoms with Crippen molar-refractivity contribution in [2.24, 2.45) is 17.8 Å². The lowest BCUT2D eigenvalue weighted by Crippen LogP contribution is -2.14. The summed E-state index contributed by atoms with van der Waals surface area (Å²) in [5.74, 6) is 3.96. The molecule has 2 aliphatic carbocycles. The molecular formula is C30H50. The molecular weight excluding hydrogens is 360 g/mol. The predicted molar refractivity (Wildman–Crippen MR) is 133 cm³/mol. The van der Waals surface area contributed by atoms with Gasteiger partial charge in [-0.2, -0.15) is 0 Å². The van der Waals surface area contributed by atoms with Crippen LogP contribution in [0.3, 0.4) is 0 Å². The van der Waals surface area contributed by atoms with E-state index in [2.05, 4.69) is 38.1 Å². The van der Waals surface area contributed by atoms with E-state index in [0.717, 1.165) is 23.7 Å². The van der Waals surface area contributed by atoms with E-state index in [9.17, 15) is 0 Å². The first-order valence-electron chi connectivity index (χ1n) is 13.9. The van der Waals surface area contributed by atoms with Crippen molar-refractivity contribution in [1.82, 2.24) is 0 Å². The van der Waals surface area contributed by atoms with Crippen LogP contribution in [0.15, 0.2) is 24.3 Å². The van der Waals surface area contributed by atoms with Gasteiger partial charge in [-0.3, -0.25) is 0 Å². The number of aryl methyl sites for hydroxylation is 1. The van der Waals surface area contributed by atoms with E-state index in [4.69, 9.17) is 0 Å². The quantitative estimate of drug-likeness (QED) is 0.301. The van der Waals surface area contributed by atoms with Gasteiger partial charge in [-0.1, -0.05) is 115 Å². The second-order valence-electron chi connectivity index (χ2n) is 10.9. The fourth-order valence-electron chi connectivity index (χ4n) is 6.40. The van der Waals surface area contributed by atoms with Crippen LogP contribution < -0.4 is 0 Å². The molecule has 0 saturated heterocycles. The molecule has 0 aromatic heterocycles. The van der Waals surface area contributed by atoms with E-state index in [-0.39, 0.29) is 0 Å². The van der Waals surface area contributed by atoms with Crippen LogP contribution in [0, 0.1) is 17.8 Å². The Morgan fingerprint density at radius 2 is 1.10 bits per heavy atom. The molecule has 30 heavy (non-hydrogen) atoms. The molecule has 0 heteroatoms. The zero-order chi connectivity index (χ0) is 21.0.